The number of aliphatic carboxylic acids is 1. The Morgan fingerprint density at radius 2 is 1.31 bits per heavy atom. The number of carbonyl (C=O) groups excluding carboxylic acids is 1. The summed E-state index contributed by atoms with van der Waals surface area (Å²) in [5.74, 6) is -1.81. The Kier molecular flexibility index (Phi) is 12.9. The molecule has 4 aromatic carbocycles. The van der Waals surface area contributed by atoms with Crippen molar-refractivity contribution in [3.05, 3.63) is 138 Å². The molecule has 0 unspecified atom stereocenters. The van der Waals surface area contributed by atoms with E-state index in [1.165, 1.54) is 59.7 Å². The van der Waals surface area contributed by atoms with Crippen LogP contribution in [-0.2, 0) is 42.3 Å². The van der Waals surface area contributed by atoms with Crippen molar-refractivity contribution < 1.29 is 41.7 Å². The van der Waals surface area contributed by atoms with Crippen LogP contribution in [0.4, 0.5) is 4.39 Å². The molecule has 0 bridgehead atoms. The monoisotopic (exact) mass is 675 g/mol. The highest BCUT2D eigenvalue weighted by Gasteiger charge is 2.50. The first kappa shape index (κ1) is 35.8. The Morgan fingerprint density at radius 3 is 1.79 bits per heavy atom. The third-order valence-corrected chi connectivity index (χ3v) is 9.39. The fourth-order valence-corrected chi connectivity index (χ4v) is 6.78. The van der Waals surface area contributed by atoms with Crippen LogP contribution in [0.5, 0.6) is 11.5 Å². The van der Waals surface area contributed by atoms with Gasteiger partial charge in [-0.15, -0.1) is 0 Å². The van der Waals surface area contributed by atoms with E-state index in [1.807, 2.05) is 36.4 Å². The number of nitrogens with zero attached hydrogens (tertiary/aromatic N) is 1. The first-order chi connectivity index (χ1) is 23.1. The van der Waals surface area contributed by atoms with Crippen molar-refractivity contribution in [3.63, 3.8) is 0 Å². The van der Waals surface area contributed by atoms with E-state index in [0.29, 0.717) is 37.6 Å². The van der Waals surface area contributed by atoms with Crippen LogP contribution in [0.3, 0.4) is 0 Å². The van der Waals surface area contributed by atoms with Gasteiger partial charge in [-0.3, -0.25) is 4.31 Å². The lowest BCUT2D eigenvalue weighted by Gasteiger charge is -2.36. The van der Waals surface area contributed by atoms with Gasteiger partial charge in [0.1, 0.15) is 17.3 Å². The predicted molar refractivity (Wildman–Crippen MR) is 178 cm³/mol. The molecule has 1 aliphatic carbocycles. The third kappa shape index (κ3) is 9.76. The van der Waals surface area contributed by atoms with Crippen LogP contribution in [0.25, 0.3) is 0 Å². The Hall–Kier alpha value is -5.00. The lowest BCUT2D eigenvalue weighted by atomic mass is 9.98. The van der Waals surface area contributed by atoms with Crippen LogP contribution in [-0.4, -0.2) is 41.9 Å². The minimum atomic E-state index is -4.34. The van der Waals surface area contributed by atoms with E-state index in [4.69, 9.17) is 14.2 Å². The van der Waals surface area contributed by atoms with E-state index >= 15 is 0 Å². The van der Waals surface area contributed by atoms with Crippen molar-refractivity contribution in [2.24, 2.45) is 0 Å². The number of sulfonamides is 1. The summed E-state index contributed by atoms with van der Waals surface area (Å²) in [6.45, 7) is 3.05. The van der Waals surface area contributed by atoms with Crippen LogP contribution < -0.4 is 4.74 Å². The molecule has 0 heterocycles. The molecule has 0 aromatic heterocycles. The van der Waals surface area contributed by atoms with Gasteiger partial charge in [-0.1, -0.05) is 73.5 Å². The first-order valence-electron chi connectivity index (χ1n) is 15.5. The number of halogens is 1. The van der Waals surface area contributed by atoms with Gasteiger partial charge in [0, 0.05) is 12.3 Å². The number of hydrogen-bond acceptors (Lipinski definition) is 7. The Balaban J connectivity index is 0.000000287. The molecule has 252 valence electrons. The standard InChI is InChI=1S/C23H24FNO7S.C14H14O/c1-2-31-21(26)13-16-25(23(22(27)28)14-3-4-15-23)33(29,30)20-11-9-19(10-12-20)32-18-7-5-17(24)6-8-18;1-3-7-13(8-4-1)11-15-12-14-9-5-2-6-10-14/h5-13,16H,2-4,14-15H2,1H3,(H,27,28);1-10H,11-12H2. The number of esters is 1. The number of rotatable bonds is 13. The SMILES string of the molecule is CCOC(=O)C=CN(C1(C(=O)O)CCCC1)S(=O)(=O)c1ccc(Oc2ccc(F)cc2)cc1.c1ccc(COCc2ccccc2)cc1. The summed E-state index contributed by atoms with van der Waals surface area (Å²) in [4.78, 5) is 23.8. The molecular weight excluding hydrogens is 637 g/mol. The van der Waals surface area contributed by atoms with Crippen molar-refractivity contribution in [1.82, 2.24) is 4.31 Å². The van der Waals surface area contributed by atoms with Crippen molar-refractivity contribution in [2.75, 3.05) is 6.61 Å². The van der Waals surface area contributed by atoms with E-state index in [0.717, 1.165) is 16.6 Å². The van der Waals surface area contributed by atoms with Crippen LogP contribution >= 0.6 is 0 Å². The summed E-state index contributed by atoms with van der Waals surface area (Å²) in [5, 5.41) is 9.94. The second kappa shape index (κ2) is 17.2. The van der Waals surface area contributed by atoms with Crippen molar-refractivity contribution in [3.8, 4) is 11.5 Å². The van der Waals surface area contributed by atoms with Crippen molar-refractivity contribution >= 4 is 22.0 Å². The zero-order valence-electron chi connectivity index (χ0n) is 26.5. The van der Waals surface area contributed by atoms with E-state index in [-0.39, 0.29) is 24.3 Å². The van der Waals surface area contributed by atoms with E-state index in [2.05, 4.69) is 24.3 Å². The molecule has 1 saturated carbocycles. The zero-order valence-corrected chi connectivity index (χ0v) is 27.4. The van der Waals surface area contributed by atoms with Gasteiger partial charge in [-0.05, 0) is 79.4 Å². The van der Waals surface area contributed by atoms with Gasteiger partial charge < -0.3 is 19.3 Å². The minimum Gasteiger partial charge on any atom is -0.479 e. The summed E-state index contributed by atoms with van der Waals surface area (Å²) >= 11 is 0. The summed E-state index contributed by atoms with van der Waals surface area (Å²) in [5.41, 5.74) is 0.729. The van der Waals surface area contributed by atoms with Gasteiger partial charge in [-0.2, -0.15) is 0 Å². The number of benzene rings is 4. The maximum Gasteiger partial charge on any atom is 0.332 e. The molecule has 0 saturated heterocycles. The van der Waals surface area contributed by atoms with Crippen molar-refractivity contribution in [1.29, 1.82) is 0 Å². The zero-order chi connectivity index (χ0) is 34.4. The van der Waals surface area contributed by atoms with E-state index < -0.39 is 33.3 Å². The molecule has 11 heteroatoms. The Bertz CT molecular complexity index is 1700. The smallest absolute Gasteiger partial charge is 0.332 e. The molecule has 0 radical (unpaired) electrons. The number of ether oxygens (including phenoxy) is 3. The Morgan fingerprint density at radius 1 is 0.812 bits per heavy atom. The molecule has 0 aliphatic heterocycles. The lowest BCUT2D eigenvalue weighted by Crippen LogP contribution is -2.52. The number of carbonyl (C=O) groups is 2. The molecule has 5 rings (SSSR count). The highest BCUT2D eigenvalue weighted by Crippen LogP contribution is 2.39. The third-order valence-electron chi connectivity index (χ3n) is 7.54. The van der Waals surface area contributed by atoms with Crippen LogP contribution in [0.15, 0.2) is 126 Å². The molecule has 0 amide bonds. The summed E-state index contributed by atoms with van der Waals surface area (Å²) < 4.78 is 56.8. The molecule has 48 heavy (non-hydrogen) atoms. The van der Waals surface area contributed by atoms with Gasteiger partial charge in [0.05, 0.1) is 24.7 Å². The number of carboxylic acid groups (broad SMARTS) is 1. The molecule has 1 fully saturated rings. The second-order valence-corrected chi connectivity index (χ2v) is 12.7. The molecule has 0 spiro atoms. The number of carboxylic acids is 1. The largest absolute Gasteiger partial charge is 0.479 e. The Labute approximate surface area is 280 Å². The van der Waals surface area contributed by atoms with Gasteiger partial charge in [0.25, 0.3) is 10.0 Å². The van der Waals surface area contributed by atoms with Gasteiger partial charge >= 0.3 is 11.9 Å². The van der Waals surface area contributed by atoms with Gasteiger partial charge in [0.2, 0.25) is 0 Å². The van der Waals surface area contributed by atoms with Gasteiger partial charge in [0.15, 0.2) is 5.54 Å². The van der Waals surface area contributed by atoms with Crippen molar-refractivity contribution in [2.45, 2.75) is 56.3 Å². The number of hydrogen-bond donors (Lipinski definition) is 1. The average molecular weight is 676 g/mol. The lowest BCUT2D eigenvalue weighted by molar-refractivity contribution is -0.147. The fraction of sp³-hybridized carbons (Fsp3) is 0.243. The highest BCUT2D eigenvalue weighted by atomic mass is 32.2. The van der Waals surface area contributed by atoms with Gasteiger partial charge in [-0.25, -0.2) is 22.4 Å². The summed E-state index contributed by atoms with van der Waals surface area (Å²) in [7, 11) is -4.34. The maximum atomic E-state index is 13.5. The predicted octanol–water partition coefficient (Wildman–Crippen LogP) is 7.49. The van der Waals surface area contributed by atoms with Crippen LogP contribution in [0.2, 0.25) is 0 Å². The first-order valence-corrected chi connectivity index (χ1v) is 16.9. The summed E-state index contributed by atoms with van der Waals surface area (Å²) in [6.07, 6.45) is 3.18. The molecule has 4 aromatic rings. The second-order valence-electron chi connectivity index (χ2n) is 10.9. The molecule has 1 N–H and O–H groups in total. The highest BCUT2D eigenvalue weighted by molar-refractivity contribution is 7.89. The van der Waals surface area contributed by atoms with E-state index in [1.54, 1.807) is 6.92 Å². The fourth-order valence-electron chi connectivity index (χ4n) is 5.13. The molecule has 0 atom stereocenters. The summed E-state index contributed by atoms with van der Waals surface area (Å²) in [6, 6.07) is 31.1. The normalized spacial score (nSPS) is 13.7. The average Bonchev–Trinajstić information content (AvgIpc) is 3.59. The quantitative estimate of drug-likeness (QED) is 0.114. The molecule has 9 nitrogen and oxygen atoms in total. The van der Waals surface area contributed by atoms with Crippen LogP contribution in [0, 0.1) is 5.82 Å². The molecule has 1 aliphatic rings. The molecular formula is C37H38FNO8S. The van der Waals surface area contributed by atoms with E-state index in [9.17, 15) is 27.5 Å². The minimum absolute atomic E-state index is 0.0928. The maximum absolute atomic E-state index is 13.5. The van der Waals surface area contributed by atoms with Crippen LogP contribution in [0.1, 0.15) is 43.7 Å². The topological polar surface area (TPSA) is 119 Å².